The van der Waals surface area contributed by atoms with Crippen LogP contribution in [0, 0.1) is 0 Å². The Balaban J connectivity index is 1.52. The number of benzene rings is 2. The molecular weight excluding hydrogens is 334 g/mol. The number of hydrogen-bond acceptors (Lipinski definition) is 4. The third kappa shape index (κ3) is 4.38. The summed E-state index contributed by atoms with van der Waals surface area (Å²) in [6.45, 7) is 0.0424. The molecule has 4 amide bonds. The van der Waals surface area contributed by atoms with Gasteiger partial charge >= 0.3 is 6.03 Å². The highest BCUT2D eigenvalue weighted by Gasteiger charge is 2.29. The standard InChI is InChI=1S/C19H19N3O4/c23-17(13-22-18(24)12-21-19(22)25)20-11-10-14-6-4-5-9-16(14)26-15-7-2-1-3-8-15/h1-9H,10-13H2,(H,20,23)(H,21,25). The van der Waals surface area contributed by atoms with Gasteiger partial charge in [0.2, 0.25) is 5.91 Å². The predicted octanol–water partition coefficient (Wildman–Crippen LogP) is 1.69. The maximum absolute atomic E-state index is 11.9. The average Bonchev–Trinajstić information content (AvgIpc) is 2.96. The van der Waals surface area contributed by atoms with Crippen molar-refractivity contribution < 1.29 is 19.1 Å². The second-order valence-corrected chi connectivity index (χ2v) is 5.76. The lowest BCUT2D eigenvalue weighted by molar-refractivity contribution is -0.130. The summed E-state index contributed by atoms with van der Waals surface area (Å²) in [5.41, 5.74) is 0.951. The number of carbonyl (C=O) groups excluding carboxylic acids is 3. The van der Waals surface area contributed by atoms with Crippen LogP contribution >= 0.6 is 0 Å². The van der Waals surface area contributed by atoms with Crippen LogP contribution in [-0.4, -0.2) is 42.4 Å². The first-order valence-corrected chi connectivity index (χ1v) is 8.29. The minimum absolute atomic E-state index is 0.0592. The molecule has 2 aromatic rings. The predicted molar refractivity (Wildman–Crippen MR) is 94.8 cm³/mol. The molecule has 0 saturated carbocycles. The average molecular weight is 353 g/mol. The molecule has 1 aliphatic heterocycles. The highest BCUT2D eigenvalue weighted by molar-refractivity contribution is 6.04. The molecule has 0 radical (unpaired) electrons. The number of urea groups is 1. The second-order valence-electron chi connectivity index (χ2n) is 5.76. The second kappa shape index (κ2) is 8.15. The van der Waals surface area contributed by atoms with Crippen LogP contribution in [0.3, 0.4) is 0 Å². The molecule has 0 aromatic heterocycles. The lowest BCUT2D eigenvalue weighted by Crippen LogP contribution is -2.41. The van der Waals surface area contributed by atoms with E-state index in [1.165, 1.54) is 0 Å². The van der Waals surface area contributed by atoms with Gasteiger partial charge in [-0.3, -0.25) is 14.5 Å². The van der Waals surface area contributed by atoms with Crippen LogP contribution in [0.2, 0.25) is 0 Å². The van der Waals surface area contributed by atoms with Crippen molar-refractivity contribution in [3.05, 3.63) is 60.2 Å². The van der Waals surface area contributed by atoms with E-state index in [1.807, 2.05) is 54.6 Å². The van der Waals surface area contributed by atoms with E-state index in [-0.39, 0.29) is 19.0 Å². The van der Waals surface area contributed by atoms with Crippen LogP contribution in [0.5, 0.6) is 11.5 Å². The Kier molecular flexibility index (Phi) is 5.48. The summed E-state index contributed by atoms with van der Waals surface area (Å²) in [7, 11) is 0. The molecule has 0 aliphatic carbocycles. The van der Waals surface area contributed by atoms with Crippen molar-refractivity contribution in [3.63, 3.8) is 0 Å². The van der Waals surface area contributed by atoms with Crippen LogP contribution in [0.25, 0.3) is 0 Å². The zero-order chi connectivity index (χ0) is 18.4. The molecule has 0 unspecified atom stereocenters. The summed E-state index contributed by atoms with van der Waals surface area (Å²) >= 11 is 0. The number of rotatable bonds is 7. The fraction of sp³-hybridized carbons (Fsp3) is 0.211. The van der Waals surface area contributed by atoms with Gasteiger partial charge in [0.25, 0.3) is 5.91 Å². The Hall–Kier alpha value is -3.35. The fourth-order valence-corrected chi connectivity index (χ4v) is 2.58. The number of nitrogens with one attached hydrogen (secondary N) is 2. The summed E-state index contributed by atoms with van der Waals surface area (Å²) in [5.74, 6) is 0.688. The molecule has 0 atom stereocenters. The summed E-state index contributed by atoms with van der Waals surface area (Å²) in [5, 5.41) is 5.10. The van der Waals surface area contributed by atoms with Crippen molar-refractivity contribution in [2.45, 2.75) is 6.42 Å². The summed E-state index contributed by atoms with van der Waals surface area (Å²) in [6.07, 6.45) is 0.564. The Morgan fingerprint density at radius 2 is 1.81 bits per heavy atom. The Morgan fingerprint density at radius 1 is 1.08 bits per heavy atom. The Labute approximate surface area is 150 Å². The summed E-state index contributed by atoms with van der Waals surface area (Å²) in [6, 6.07) is 16.5. The van der Waals surface area contributed by atoms with Crippen molar-refractivity contribution in [1.82, 2.24) is 15.5 Å². The quantitative estimate of drug-likeness (QED) is 0.742. The SMILES string of the molecule is O=C(CN1C(=O)CNC1=O)NCCc1ccccc1Oc1ccccc1. The van der Waals surface area contributed by atoms with Gasteiger partial charge < -0.3 is 15.4 Å². The topological polar surface area (TPSA) is 87.7 Å². The number of hydrogen-bond donors (Lipinski definition) is 2. The van der Waals surface area contributed by atoms with Gasteiger partial charge in [-0.25, -0.2) is 4.79 Å². The van der Waals surface area contributed by atoms with E-state index in [2.05, 4.69) is 10.6 Å². The zero-order valence-corrected chi connectivity index (χ0v) is 14.1. The van der Waals surface area contributed by atoms with Gasteiger partial charge in [-0.2, -0.15) is 0 Å². The van der Waals surface area contributed by atoms with E-state index in [4.69, 9.17) is 4.74 Å². The van der Waals surface area contributed by atoms with Gasteiger partial charge in [0.05, 0.1) is 6.54 Å². The van der Waals surface area contributed by atoms with Crippen molar-refractivity contribution in [3.8, 4) is 11.5 Å². The van der Waals surface area contributed by atoms with E-state index >= 15 is 0 Å². The maximum Gasteiger partial charge on any atom is 0.325 e. The molecule has 26 heavy (non-hydrogen) atoms. The van der Waals surface area contributed by atoms with Crippen LogP contribution in [0.1, 0.15) is 5.56 Å². The van der Waals surface area contributed by atoms with Crippen molar-refractivity contribution in [2.24, 2.45) is 0 Å². The number of amides is 4. The number of carbonyl (C=O) groups is 3. The molecule has 134 valence electrons. The number of imide groups is 1. The first-order valence-electron chi connectivity index (χ1n) is 8.29. The van der Waals surface area contributed by atoms with Gasteiger partial charge in [0.1, 0.15) is 18.0 Å². The van der Waals surface area contributed by atoms with Crippen molar-refractivity contribution in [1.29, 1.82) is 0 Å². The van der Waals surface area contributed by atoms with E-state index in [9.17, 15) is 14.4 Å². The molecular formula is C19H19N3O4. The van der Waals surface area contributed by atoms with Crippen LogP contribution in [-0.2, 0) is 16.0 Å². The van der Waals surface area contributed by atoms with Gasteiger partial charge in [-0.05, 0) is 30.2 Å². The molecule has 0 bridgehead atoms. The maximum atomic E-state index is 11.9. The number of nitrogens with zero attached hydrogens (tertiary/aromatic N) is 1. The molecule has 1 fully saturated rings. The number of ether oxygens (including phenoxy) is 1. The highest BCUT2D eigenvalue weighted by atomic mass is 16.5. The fourth-order valence-electron chi connectivity index (χ4n) is 2.58. The molecule has 2 aromatic carbocycles. The third-order valence-electron chi connectivity index (χ3n) is 3.90. The van der Waals surface area contributed by atoms with E-state index in [1.54, 1.807) is 0 Å². The monoisotopic (exact) mass is 353 g/mol. The van der Waals surface area contributed by atoms with Crippen LogP contribution in [0.4, 0.5) is 4.79 Å². The first-order chi connectivity index (χ1) is 12.6. The number of para-hydroxylation sites is 2. The first kappa shape index (κ1) is 17.5. The summed E-state index contributed by atoms with van der Waals surface area (Å²) < 4.78 is 5.88. The molecule has 3 rings (SSSR count). The molecule has 7 heteroatoms. The largest absolute Gasteiger partial charge is 0.457 e. The van der Waals surface area contributed by atoms with E-state index in [0.29, 0.717) is 13.0 Å². The zero-order valence-electron chi connectivity index (χ0n) is 14.1. The normalized spacial score (nSPS) is 13.5. The van der Waals surface area contributed by atoms with E-state index in [0.717, 1.165) is 22.0 Å². The van der Waals surface area contributed by atoms with Crippen LogP contribution < -0.4 is 15.4 Å². The lowest BCUT2D eigenvalue weighted by Gasteiger charge is -2.13. The molecule has 2 N–H and O–H groups in total. The molecule has 7 nitrogen and oxygen atoms in total. The minimum atomic E-state index is -0.535. The summed E-state index contributed by atoms with van der Waals surface area (Å²) in [4.78, 5) is 35.8. The van der Waals surface area contributed by atoms with Gasteiger partial charge in [0.15, 0.2) is 0 Å². The molecule has 1 aliphatic rings. The molecule has 1 saturated heterocycles. The Morgan fingerprint density at radius 3 is 2.54 bits per heavy atom. The van der Waals surface area contributed by atoms with Gasteiger partial charge in [0, 0.05) is 6.54 Å². The highest BCUT2D eigenvalue weighted by Crippen LogP contribution is 2.25. The van der Waals surface area contributed by atoms with E-state index < -0.39 is 11.9 Å². The Bertz CT molecular complexity index is 791. The lowest BCUT2D eigenvalue weighted by atomic mass is 10.1. The van der Waals surface area contributed by atoms with Gasteiger partial charge in [-0.1, -0.05) is 36.4 Å². The van der Waals surface area contributed by atoms with Crippen molar-refractivity contribution >= 4 is 17.8 Å². The smallest absolute Gasteiger partial charge is 0.325 e. The molecule has 1 heterocycles. The third-order valence-corrected chi connectivity index (χ3v) is 3.90. The van der Waals surface area contributed by atoms with Gasteiger partial charge in [-0.15, -0.1) is 0 Å². The minimum Gasteiger partial charge on any atom is -0.457 e. The van der Waals surface area contributed by atoms with Crippen LogP contribution in [0.15, 0.2) is 54.6 Å². The molecule has 0 spiro atoms. The van der Waals surface area contributed by atoms with Crippen molar-refractivity contribution in [2.75, 3.05) is 19.6 Å².